The molecule has 7 nitrogen and oxygen atoms in total. The lowest BCUT2D eigenvalue weighted by Crippen LogP contribution is -2.38. The zero-order chi connectivity index (χ0) is 24.1. The first-order valence-electron chi connectivity index (χ1n) is 12.0. The molecule has 0 radical (unpaired) electrons. The van der Waals surface area contributed by atoms with E-state index in [9.17, 15) is 18.0 Å². The SMILES string of the molecule is C[C@@H]1Cc2ccccc2N1S(=O)(=O)c1cccc(C(=O)OCC(=O)NC2CCCCCCC2)c1. The summed E-state index contributed by atoms with van der Waals surface area (Å²) in [6.45, 7) is 1.48. The molecule has 1 aliphatic heterocycles. The van der Waals surface area contributed by atoms with Crippen LogP contribution in [0.15, 0.2) is 53.4 Å². The van der Waals surface area contributed by atoms with Crippen molar-refractivity contribution in [2.24, 2.45) is 0 Å². The Morgan fingerprint density at radius 1 is 1.00 bits per heavy atom. The minimum absolute atomic E-state index is 0.0180. The first-order valence-corrected chi connectivity index (χ1v) is 13.5. The van der Waals surface area contributed by atoms with E-state index in [2.05, 4.69) is 5.32 Å². The minimum Gasteiger partial charge on any atom is -0.452 e. The fraction of sp³-hybridized carbons (Fsp3) is 0.462. The van der Waals surface area contributed by atoms with Gasteiger partial charge in [0, 0.05) is 12.1 Å². The second-order valence-electron chi connectivity index (χ2n) is 9.20. The molecule has 1 heterocycles. The molecule has 1 N–H and O–H groups in total. The molecular weight excluding hydrogens is 452 g/mol. The first-order chi connectivity index (χ1) is 16.4. The molecule has 4 rings (SSSR count). The minimum atomic E-state index is -3.87. The van der Waals surface area contributed by atoms with Gasteiger partial charge in [-0.1, -0.05) is 56.4 Å². The van der Waals surface area contributed by atoms with Gasteiger partial charge in [0.25, 0.3) is 15.9 Å². The number of benzene rings is 2. The summed E-state index contributed by atoms with van der Waals surface area (Å²) in [7, 11) is -3.87. The third-order valence-corrected chi connectivity index (χ3v) is 8.50. The summed E-state index contributed by atoms with van der Waals surface area (Å²) < 4.78 is 33.5. The quantitative estimate of drug-likeness (QED) is 0.620. The molecule has 0 unspecified atom stereocenters. The number of esters is 1. The van der Waals surface area contributed by atoms with Crippen LogP contribution in [-0.4, -0.2) is 39.0 Å². The molecule has 0 saturated heterocycles. The number of anilines is 1. The number of hydrogen-bond acceptors (Lipinski definition) is 5. The zero-order valence-corrected chi connectivity index (χ0v) is 20.4. The highest BCUT2D eigenvalue weighted by Gasteiger charge is 2.36. The van der Waals surface area contributed by atoms with Gasteiger partial charge in [-0.25, -0.2) is 13.2 Å². The maximum atomic E-state index is 13.4. The Labute approximate surface area is 201 Å². The average molecular weight is 485 g/mol. The molecule has 2 aromatic rings. The highest BCUT2D eigenvalue weighted by atomic mass is 32.2. The fourth-order valence-corrected chi connectivity index (χ4v) is 6.62. The van der Waals surface area contributed by atoms with Crippen LogP contribution in [0.1, 0.15) is 67.8 Å². The van der Waals surface area contributed by atoms with Gasteiger partial charge in [0.1, 0.15) is 0 Å². The molecule has 8 heteroatoms. The summed E-state index contributed by atoms with van der Waals surface area (Å²) >= 11 is 0. The van der Waals surface area contributed by atoms with Crippen LogP contribution in [0.25, 0.3) is 0 Å². The lowest BCUT2D eigenvalue weighted by Gasteiger charge is -2.24. The van der Waals surface area contributed by atoms with Gasteiger partial charge in [-0.2, -0.15) is 0 Å². The van der Waals surface area contributed by atoms with Crippen molar-refractivity contribution in [3.8, 4) is 0 Å². The largest absolute Gasteiger partial charge is 0.452 e. The smallest absolute Gasteiger partial charge is 0.338 e. The molecular formula is C26H32N2O5S. The van der Waals surface area contributed by atoms with Crippen molar-refractivity contribution in [3.05, 3.63) is 59.7 Å². The molecule has 34 heavy (non-hydrogen) atoms. The summed E-state index contributed by atoms with van der Waals surface area (Å²) in [4.78, 5) is 24.9. The number of hydrogen-bond donors (Lipinski definition) is 1. The van der Waals surface area contributed by atoms with Gasteiger partial charge in [0.05, 0.1) is 16.1 Å². The summed E-state index contributed by atoms with van der Waals surface area (Å²) in [6, 6.07) is 13.1. The van der Waals surface area contributed by atoms with E-state index >= 15 is 0 Å². The van der Waals surface area contributed by atoms with Crippen molar-refractivity contribution in [1.82, 2.24) is 5.32 Å². The van der Waals surface area contributed by atoms with Crippen LogP contribution in [0.4, 0.5) is 5.69 Å². The van der Waals surface area contributed by atoms with Gasteiger partial charge in [-0.15, -0.1) is 0 Å². The maximum absolute atomic E-state index is 13.4. The fourth-order valence-electron chi connectivity index (χ4n) is 4.88. The predicted octanol–water partition coefficient (Wildman–Crippen LogP) is 4.21. The Hall–Kier alpha value is -2.87. The topological polar surface area (TPSA) is 92.8 Å². The van der Waals surface area contributed by atoms with Crippen molar-refractivity contribution in [2.45, 2.75) is 75.3 Å². The number of para-hydroxylation sites is 1. The van der Waals surface area contributed by atoms with Gasteiger partial charge in [0.2, 0.25) is 0 Å². The van der Waals surface area contributed by atoms with E-state index in [0.29, 0.717) is 12.1 Å². The summed E-state index contributed by atoms with van der Waals surface area (Å²) in [5.74, 6) is -1.05. The number of nitrogens with one attached hydrogen (secondary N) is 1. The Bertz CT molecular complexity index is 1140. The monoisotopic (exact) mass is 484 g/mol. The summed E-state index contributed by atoms with van der Waals surface area (Å²) in [6.07, 6.45) is 8.31. The molecule has 1 amide bonds. The number of amides is 1. The van der Waals surface area contributed by atoms with Gasteiger partial charge >= 0.3 is 5.97 Å². The molecule has 2 aliphatic rings. The van der Waals surface area contributed by atoms with Crippen molar-refractivity contribution >= 4 is 27.6 Å². The van der Waals surface area contributed by atoms with Crippen molar-refractivity contribution < 1.29 is 22.7 Å². The maximum Gasteiger partial charge on any atom is 0.338 e. The van der Waals surface area contributed by atoms with E-state index in [1.807, 2.05) is 25.1 Å². The van der Waals surface area contributed by atoms with Crippen LogP contribution in [0.3, 0.4) is 0 Å². The molecule has 0 bridgehead atoms. The van der Waals surface area contributed by atoms with Crippen molar-refractivity contribution in [3.63, 3.8) is 0 Å². The Balaban J connectivity index is 1.41. The van der Waals surface area contributed by atoms with Crippen molar-refractivity contribution in [2.75, 3.05) is 10.9 Å². The zero-order valence-electron chi connectivity index (χ0n) is 19.5. The van der Waals surface area contributed by atoms with Crippen LogP contribution in [-0.2, 0) is 26.0 Å². The standard InChI is InChI=1S/C26H32N2O5S/c1-19-16-20-10-7-8-15-24(20)28(19)34(31,32)23-14-9-11-21(17-23)26(30)33-18-25(29)27-22-12-5-3-2-4-6-13-22/h7-11,14-15,17,19,22H,2-6,12-13,16,18H2,1H3,(H,27,29)/t19-/m1/s1. The third kappa shape index (κ3) is 5.43. The Kier molecular flexibility index (Phi) is 7.56. The number of rotatable bonds is 6. The van der Waals surface area contributed by atoms with E-state index in [0.717, 1.165) is 31.2 Å². The second-order valence-corrected chi connectivity index (χ2v) is 11.0. The lowest BCUT2D eigenvalue weighted by atomic mass is 9.97. The molecule has 182 valence electrons. The van der Waals surface area contributed by atoms with Crippen LogP contribution >= 0.6 is 0 Å². The number of carbonyl (C=O) groups is 2. The third-order valence-electron chi connectivity index (χ3n) is 6.58. The van der Waals surface area contributed by atoms with E-state index in [1.165, 1.54) is 47.8 Å². The molecule has 0 aromatic heterocycles. The molecule has 1 saturated carbocycles. The van der Waals surface area contributed by atoms with E-state index in [4.69, 9.17) is 4.74 Å². The number of fused-ring (bicyclic) bond motifs is 1. The van der Waals surface area contributed by atoms with Crippen molar-refractivity contribution in [1.29, 1.82) is 0 Å². The summed E-state index contributed by atoms with van der Waals surface area (Å²) in [5.41, 5.74) is 1.73. The number of ether oxygens (including phenoxy) is 1. The van der Waals surface area contributed by atoms with Crippen LogP contribution in [0, 0.1) is 0 Å². The van der Waals surface area contributed by atoms with E-state index < -0.39 is 16.0 Å². The van der Waals surface area contributed by atoms with E-state index in [1.54, 1.807) is 6.07 Å². The highest BCUT2D eigenvalue weighted by molar-refractivity contribution is 7.92. The molecule has 1 atom stereocenters. The van der Waals surface area contributed by atoms with Crippen LogP contribution < -0.4 is 9.62 Å². The molecule has 2 aromatic carbocycles. The van der Waals surface area contributed by atoms with E-state index in [-0.39, 0.29) is 35.1 Å². The second kappa shape index (κ2) is 10.6. The Morgan fingerprint density at radius 3 is 2.47 bits per heavy atom. The summed E-state index contributed by atoms with van der Waals surface area (Å²) in [5, 5.41) is 2.96. The van der Waals surface area contributed by atoms with Crippen LogP contribution in [0.5, 0.6) is 0 Å². The first kappa shape index (κ1) is 24.3. The van der Waals surface area contributed by atoms with Gasteiger partial charge in [-0.05, 0) is 56.0 Å². The van der Waals surface area contributed by atoms with Gasteiger partial charge in [-0.3, -0.25) is 9.10 Å². The highest BCUT2D eigenvalue weighted by Crippen LogP contribution is 2.36. The lowest BCUT2D eigenvalue weighted by molar-refractivity contribution is -0.125. The predicted molar refractivity (Wildman–Crippen MR) is 130 cm³/mol. The number of sulfonamides is 1. The van der Waals surface area contributed by atoms with Crippen LogP contribution in [0.2, 0.25) is 0 Å². The van der Waals surface area contributed by atoms with Gasteiger partial charge in [0.15, 0.2) is 6.61 Å². The molecule has 1 aliphatic carbocycles. The number of carbonyl (C=O) groups excluding carboxylic acids is 2. The number of nitrogens with zero attached hydrogens (tertiary/aromatic N) is 1. The molecule has 0 spiro atoms. The Morgan fingerprint density at radius 2 is 1.71 bits per heavy atom. The average Bonchev–Trinajstić information content (AvgIpc) is 3.15. The normalized spacial score (nSPS) is 19.1. The molecule has 1 fully saturated rings. The van der Waals surface area contributed by atoms with Gasteiger partial charge < -0.3 is 10.1 Å².